The number of methoxy groups -OCH3 is 1. The van der Waals surface area contributed by atoms with Crippen LogP contribution >= 0.6 is 0 Å². The highest BCUT2D eigenvalue weighted by molar-refractivity contribution is 5.86. The summed E-state index contributed by atoms with van der Waals surface area (Å²) in [4.78, 5) is 13.9. The second-order valence-corrected chi connectivity index (χ2v) is 6.28. The summed E-state index contributed by atoms with van der Waals surface area (Å²) >= 11 is 0. The van der Waals surface area contributed by atoms with Crippen molar-refractivity contribution in [3.63, 3.8) is 0 Å². The Morgan fingerprint density at radius 3 is 2.96 bits per heavy atom. The third-order valence-corrected chi connectivity index (χ3v) is 4.74. The average molecular weight is 340 g/mol. The highest BCUT2D eigenvalue weighted by atomic mass is 16.5. The first-order valence-electron chi connectivity index (χ1n) is 8.38. The number of esters is 1. The summed E-state index contributed by atoms with van der Waals surface area (Å²) in [5, 5.41) is 12.4. The molecule has 4 rings (SSSR count). The molecule has 1 fully saturated rings. The minimum Gasteiger partial charge on any atom is -0.464 e. The average Bonchev–Trinajstić information content (AvgIpc) is 3.30. The lowest BCUT2D eigenvalue weighted by Gasteiger charge is -2.31. The third-order valence-electron chi connectivity index (χ3n) is 4.74. The molecular formula is C17H20N6O2. The van der Waals surface area contributed by atoms with Crippen molar-refractivity contribution in [1.82, 2.24) is 29.5 Å². The fraction of sp³-hybridized carbons (Fsp3) is 0.412. The minimum atomic E-state index is -0.447. The van der Waals surface area contributed by atoms with Crippen LogP contribution in [0.2, 0.25) is 0 Å². The summed E-state index contributed by atoms with van der Waals surface area (Å²) in [6.07, 6.45) is 7.54. The van der Waals surface area contributed by atoms with Crippen molar-refractivity contribution in [1.29, 1.82) is 0 Å². The van der Waals surface area contributed by atoms with E-state index in [4.69, 9.17) is 0 Å². The number of rotatable bonds is 4. The topological polar surface area (TPSA) is 77.5 Å². The van der Waals surface area contributed by atoms with E-state index < -0.39 is 5.97 Å². The van der Waals surface area contributed by atoms with E-state index in [9.17, 15) is 4.79 Å². The van der Waals surface area contributed by atoms with E-state index in [1.807, 2.05) is 29.0 Å². The molecular weight excluding hydrogens is 320 g/mol. The number of carbonyl (C=O) groups excluding carboxylic acids is 1. The molecule has 1 saturated heterocycles. The van der Waals surface area contributed by atoms with Gasteiger partial charge in [-0.3, -0.25) is 4.90 Å². The van der Waals surface area contributed by atoms with E-state index >= 15 is 0 Å². The Morgan fingerprint density at radius 2 is 2.16 bits per heavy atom. The van der Waals surface area contributed by atoms with Gasteiger partial charge in [-0.15, -0.1) is 5.10 Å². The minimum absolute atomic E-state index is 0.260. The van der Waals surface area contributed by atoms with Gasteiger partial charge in [0.25, 0.3) is 0 Å². The quantitative estimate of drug-likeness (QED) is 0.671. The molecule has 1 aliphatic rings. The molecule has 0 aliphatic carbocycles. The maximum atomic E-state index is 11.5. The normalized spacial score (nSPS) is 16.4. The van der Waals surface area contributed by atoms with Gasteiger partial charge in [0.15, 0.2) is 5.69 Å². The molecule has 0 bridgehead atoms. The molecule has 0 spiro atoms. The summed E-state index contributed by atoms with van der Waals surface area (Å²) < 4.78 is 8.38. The molecule has 8 heteroatoms. The van der Waals surface area contributed by atoms with Crippen molar-refractivity contribution in [3.8, 4) is 0 Å². The molecule has 0 radical (unpaired) electrons. The monoisotopic (exact) mass is 340 g/mol. The van der Waals surface area contributed by atoms with Gasteiger partial charge in [0.1, 0.15) is 0 Å². The number of likely N-dealkylation sites (tertiary alicyclic amines) is 1. The standard InChI is InChI=1S/C17H20N6O2/c1-25-17(24)15-12-23(20-19-15)14-5-8-21(9-6-14)11-13-10-18-22-7-3-2-4-16(13)22/h2-4,7,10,12,14H,5-6,8-9,11H2,1H3. The van der Waals surface area contributed by atoms with Crippen molar-refractivity contribution in [2.24, 2.45) is 0 Å². The Bertz CT molecular complexity index is 878. The molecule has 0 N–H and O–H groups in total. The van der Waals surface area contributed by atoms with Crippen LogP contribution in [-0.2, 0) is 11.3 Å². The fourth-order valence-electron chi connectivity index (χ4n) is 3.35. The molecule has 0 unspecified atom stereocenters. The first kappa shape index (κ1) is 15.8. The van der Waals surface area contributed by atoms with E-state index in [2.05, 4.69) is 31.1 Å². The fourth-order valence-corrected chi connectivity index (χ4v) is 3.35. The molecule has 4 heterocycles. The number of ether oxygens (including phenoxy) is 1. The molecule has 130 valence electrons. The van der Waals surface area contributed by atoms with Gasteiger partial charge in [-0.25, -0.2) is 14.0 Å². The van der Waals surface area contributed by atoms with Crippen LogP contribution in [-0.4, -0.2) is 55.7 Å². The SMILES string of the molecule is COC(=O)c1cn(C2CCN(Cc3cnn4ccccc34)CC2)nn1. The van der Waals surface area contributed by atoms with Gasteiger partial charge in [0.2, 0.25) is 0 Å². The van der Waals surface area contributed by atoms with Gasteiger partial charge in [0.05, 0.1) is 31.1 Å². The summed E-state index contributed by atoms with van der Waals surface area (Å²) in [7, 11) is 1.35. The number of hydrogen-bond donors (Lipinski definition) is 0. The van der Waals surface area contributed by atoms with Crippen LogP contribution in [0.15, 0.2) is 36.8 Å². The zero-order valence-electron chi connectivity index (χ0n) is 14.1. The molecule has 0 saturated carbocycles. The number of hydrogen-bond acceptors (Lipinski definition) is 6. The molecule has 3 aromatic heterocycles. The van der Waals surface area contributed by atoms with Crippen molar-refractivity contribution >= 4 is 11.5 Å². The number of nitrogens with zero attached hydrogens (tertiary/aromatic N) is 6. The van der Waals surface area contributed by atoms with Gasteiger partial charge in [0, 0.05) is 31.4 Å². The van der Waals surface area contributed by atoms with Crippen LogP contribution in [0.25, 0.3) is 5.52 Å². The number of aromatic nitrogens is 5. The van der Waals surface area contributed by atoms with Crippen LogP contribution in [0.4, 0.5) is 0 Å². The van der Waals surface area contributed by atoms with E-state index in [0.717, 1.165) is 38.0 Å². The smallest absolute Gasteiger partial charge is 0.360 e. The van der Waals surface area contributed by atoms with E-state index in [1.165, 1.54) is 12.7 Å². The summed E-state index contributed by atoms with van der Waals surface area (Å²) in [5.41, 5.74) is 2.66. The van der Waals surface area contributed by atoms with Gasteiger partial charge in [-0.2, -0.15) is 5.10 Å². The Kier molecular flexibility index (Phi) is 4.19. The van der Waals surface area contributed by atoms with Crippen LogP contribution in [0.5, 0.6) is 0 Å². The second kappa shape index (κ2) is 6.64. The molecule has 0 aromatic carbocycles. The Hall–Kier alpha value is -2.74. The zero-order chi connectivity index (χ0) is 17.2. The lowest BCUT2D eigenvalue weighted by atomic mass is 10.0. The summed E-state index contributed by atoms with van der Waals surface area (Å²) in [6.45, 7) is 2.84. The van der Waals surface area contributed by atoms with Crippen LogP contribution in [0.1, 0.15) is 34.9 Å². The van der Waals surface area contributed by atoms with Crippen LogP contribution in [0, 0.1) is 0 Å². The van der Waals surface area contributed by atoms with Gasteiger partial charge < -0.3 is 4.74 Å². The van der Waals surface area contributed by atoms with Gasteiger partial charge >= 0.3 is 5.97 Å². The number of fused-ring (bicyclic) bond motifs is 1. The predicted molar refractivity (Wildman–Crippen MR) is 90.1 cm³/mol. The van der Waals surface area contributed by atoms with E-state index in [0.29, 0.717) is 0 Å². The maximum Gasteiger partial charge on any atom is 0.360 e. The van der Waals surface area contributed by atoms with Gasteiger partial charge in [-0.1, -0.05) is 11.3 Å². The van der Waals surface area contributed by atoms with E-state index in [-0.39, 0.29) is 11.7 Å². The highest BCUT2D eigenvalue weighted by Gasteiger charge is 2.23. The number of pyridine rings is 1. The second-order valence-electron chi connectivity index (χ2n) is 6.28. The maximum absolute atomic E-state index is 11.5. The summed E-state index contributed by atoms with van der Waals surface area (Å²) in [6, 6.07) is 6.39. The van der Waals surface area contributed by atoms with Gasteiger partial charge in [-0.05, 0) is 25.0 Å². The predicted octanol–water partition coefficient (Wildman–Crippen LogP) is 1.55. The molecule has 3 aromatic rings. The highest BCUT2D eigenvalue weighted by Crippen LogP contribution is 2.24. The Labute approximate surface area is 145 Å². The Morgan fingerprint density at radius 1 is 1.32 bits per heavy atom. The van der Waals surface area contributed by atoms with Crippen molar-refractivity contribution in [3.05, 3.63) is 48.0 Å². The molecule has 0 amide bonds. The lowest BCUT2D eigenvalue weighted by Crippen LogP contribution is -2.34. The van der Waals surface area contributed by atoms with Crippen LogP contribution in [0.3, 0.4) is 0 Å². The third kappa shape index (κ3) is 3.12. The van der Waals surface area contributed by atoms with Crippen molar-refractivity contribution < 1.29 is 9.53 Å². The molecule has 8 nitrogen and oxygen atoms in total. The largest absolute Gasteiger partial charge is 0.464 e. The summed E-state index contributed by atoms with van der Waals surface area (Å²) in [5.74, 6) is -0.447. The van der Waals surface area contributed by atoms with Crippen LogP contribution < -0.4 is 0 Å². The Balaban J connectivity index is 1.38. The number of carbonyl (C=O) groups is 1. The first-order chi connectivity index (χ1) is 12.2. The first-order valence-corrected chi connectivity index (χ1v) is 8.38. The zero-order valence-corrected chi connectivity index (χ0v) is 14.1. The van der Waals surface area contributed by atoms with Crippen molar-refractivity contribution in [2.45, 2.75) is 25.4 Å². The molecule has 1 aliphatic heterocycles. The lowest BCUT2D eigenvalue weighted by molar-refractivity contribution is 0.0594. The van der Waals surface area contributed by atoms with E-state index in [1.54, 1.807) is 10.9 Å². The van der Waals surface area contributed by atoms with Crippen molar-refractivity contribution in [2.75, 3.05) is 20.2 Å². The number of piperidine rings is 1. The molecule has 25 heavy (non-hydrogen) atoms. The molecule has 0 atom stereocenters.